The van der Waals surface area contributed by atoms with Gasteiger partial charge in [0.1, 0.15) is 0 Å². The van der Waals surface area contributed by atoms with Gasteiger partial charge in [-0.25, -0.2) is 0 Å². The molecule has 2 aromatic carbocycles. The summed E-state index contributed by atoms with van der Waals surface area (Å²) in [5.41, 5.74) is 7.85. The van der Waals surface area contributed by atoms with E-state index in [0.717, 1.165) is 28.2 Å². The highest BCUT2D eigenvalue weighted by Gasteiger charge is 2.14. The van der Waals surface area contributed by atoms with E-state index in [1.54, 1.807) is 18.2 Å². The van der Waals surface area contributed by atoms with Crippen LogP contribution in [0.25, 0.3) is 10.9 Å². The molecular formula is C18H16N4O4. The fourth-order valence-electron chi connectivity index (χ4n) is 2.62. The summed E-state index contributed by atoms with van der Waals surface area (Å²) >= 11 is 0. The summed E-state index contributed by atoms with van der Waals surface area (Å²) in [4.78, 5) is 37.7. The molecule has 0 aliphatic rings. The van der Waals surface area contributed by atoms with Gasteiger partial charge in [0.05, 0.1) is 4.92 Å². The number of aryl methyl sites for hydroxylation is 2. The van der Waals surface area contributed by atoms with Crippen LogP contribution in [0.2, 0.25) is 0 Å². The zero-order chi connectivity index (χ0) is 18.8. The average Bonchev–Trinajstić information content (AvgIpc) is 2.93. The SMILES string of the molecule is Cc1[nH]c2ccc(C(=O)NNC(=O)c3cccc([N+](=O)[O-])c3)cc2c1C. The molecule has 8 nitrogen and oxygen atoms in total. The highest BCUT2D eigenvalue weighted by molar-refractivity contribution is 6.01. The van der Waals surface area contributed by atoms with E-state index < -0.39 is 16.7 Å². The minimum Gasteiger partial charge on any atom is -0.358 e. The van der Waals surface area contributed by atoms with Gasteiger partial charge in [-0.15, -0.1) is 0 Å². The van der Waals surface area contributed by atoms with Crippen LogP contribution in [0.5, 0.6) is 0 Å². The van der Waals surface area contributed by atoms with Crippen molar-refractivity contribution >= 4 is 28.4 Å². The molecule has 1 aromatic heterocycles. The molecule has 0 unspecified atom stereocenters. The first kappa shape index (κ1) is 17.2. The lowest BCUT2D eigenvalue weighted by Gasteiger charge is -2.08. The van der Waals surface area contributed by atoms with Crippen LogP contribution in [-0.2, 0) is 0 Å². The molecular weight excluding hydrogens is 336 g/mol. The maximum Gasteiger partial charge on any atom is 0.270 e. The van der Waals surface area contributed by atoms with Crippen molar-refractivity contribution in [2.45, 2.75) is 13.8 Å². The normalized spacial score (nSPS) is 10.5. The summed E-state index contributed by atoms with van der Waals surface area (Å²) in [6, 6.07) is 10.4. The number of nitro groups is 1. The molecule has 3 rings (SSSR count). The van der Waals surface area contributed by atoms with Crippen molar-refractivity contribution in [3.63, 3.8) is 0 Å². The molecule has 2 amide bonds. The van der Waals surface area contributed by atoms with Crippen LogP contribution in [0, 0.1) is 24.0 Å². The Kier molecular flexibility index (Phi) is 4.40. The van der Waals surface area contributed by atoms with E-state index in [1.165, 1.54) is 18.2 Å². The molecule has 0 spiro atoms. The lowest BCUT2D eigenvalue weighted by molar-refractivity contribution is -0.384. The van der Waals surface area contributed by atoms with E-state index in [2.05, 4.69) is 15.8 Å². The van der Waals surface area contributed by atoms with Gasteiger partial charge in [-0.2, -0.15) is 0 Å². The number of nitro benzene ring substituents is 1. The molecule has 3 N–H and O–H groups in total. The lowest BCUT2D eigenvalue weighted by atomic mass is 10.1. The Morgan fingerprint density at radius 3 is 2.31 bits per heavy atom. The molecule has 1 heterocycles. The van der Waals surface area contributed by atoms with E-state index in [0.29, 0.717) is 5.56 Å². The number of carbonyl (C=O) groups is 2. The Balaban J connectivity index is 1.72. The number of nitrogens with one attached hydrogen (secondary N) is 3. The number of rotatable bonds is 3. The third kappa shape index (κ3) is 3.25. The average molecular weight is 352 g/mol. The standard InChI is InChI=1S/C18H16N4O4/c1-10-11(2)19-16-7-6-13(9-15(10)16)18(24)21-20-17(23)12-4-3-5-14(8-12)22(25)26/h3-9,19H,1-2H3,(H,20,23)(H,21,24). The van der Waals surface area contributed by atoms with Gasteiger partial charge in [-0.3, -0.25) is 30.6 Å². The highest BCUT2D eigenvalue weighted by atomic mass is 16.6. The molecule has 0 aliphatic carbocycles. The number of nitrogens with zero attached hydrogens (tertiary/aromatic N) is 1. The van der Waals surface area contributed by atoms with E-state index in [-0.39, 0.29) is 11.3 Å². The van der Waals surface area contributed by atoms with Crippen LogP contribution < -0.4 is 10.9 Å². The van der Waals surface area contributed by atoms with Gasteiger partial charge in [-0.05, 0) is 43.7 Å². The van der Waals surface area contributed by atoms with Gasteiger partial charge < -0.3 is 4.98 Å². The lowest BCUT2D eigenvalue weighted by Crippen LogP contribution is -2.41. The van der Waals surface area contributed by atoms with Crippen molar-refractivity contribution in [2.24, 2.45) is 0 Å². The van der Waals surface area contributed by atoms with Crippen molar-refractivity contribution in [3.05, 3.63) is 75.0 Å². The Bertz CT molecular complexity index is 1040. The zero-order valence-corrected chi connectivity index (χ0v) is 14.1. The third-order valence-electron chi connectivity index (χ3n) is 4.18. The second kappa shape index (κ2) is 6.67. The van der Waals surface area contributed by atoms with E-state index in [1.807, 2.05) is 13.8 Å². The van der Waals surface area contributed by atoms with Gasteiger partial charge >= 0.3 is 0 Å². The van der Waals surface area contributed by atoms with Gasteiger partial charge in [-0.1, -0.05) is 6.07 Å². The monoisotopic (exact) mass is 352 g/mol. The highest BCUT2D eigenvalue weighted by Crippen LogP contribution is 2.22. The van der Waals surface area contributed by atoms with Crippen LogP contribution in [-0.4, -0.2) is 21.7 Å². The number of hydrogen-bond donors (Lipinski definition) is 3. The smallest absolute Gasteiger partial charge is 0.270 e. The topological polar surface area (TPSA) is 117 Å². The zero-order valence-electron chi connectivity index (χ0n) is 14.1. The van der Waals surface area contributed by atoms with Crippen LogP contribution in [0.4, 0.5) is 5.69 Å². The van der Waals surface area contributed by atoms with Crippen LogP contribution in [0.15, 0.2) is 42.5 Å². The summed E-state index contributed by atoms with van der Waals surface area (Å²) < 4.78 is 0. The fraction of sp³-hybridized carbons (Fsp3) is 0.111. The quantitative estimate of drug-likeness (QED) is 0.496. The van der Waals surface area contributed by atoms with E-state index in [9.17, 15) is 19.7 Å². The predicted octanol–water partition coefficient (Wildman–Crippen LogP) is 2.77. The first-order chi connectivity index (χ1) is 12.4. The number of hydrazine groups is 1. The number of fused-ring (bicyclic) bond motifs is 1. The number of non-ortho nitro benzene ring substituents is 1. The summed E-state index contributed by atoms with van der Waals surface area (Å²) in [5, 5.41) is 11.7. The summed E-state index contributed by atoms with van der Waals surface area (Å²) in [6.45, 7) is 3.91. The van der Waals surface area contributed by atoms with E-state index in [4.69, 9.17) is 0 Å². The summed E-state index contributed by atoms with van der Waals surface area (Å²) in [7, 11) is 0. The number of benzene rings is 2. The number of hydrogen-bond acceptors (Lipinski definition) is 4. The van der Waals surface area contributed by atoms with Crippen LogP contribution in [0.3, 0.4) is 0 Å². The maximum atomic E-state index is 12.3. The summed E-state index contributed by atoms with van der Waals surface area (Å²) in [5.74, 6) is -1.12. The molecule has 0 aliphatic heterocycles. The summed E-state index contributed by atoms with van der Waals surface area (Å²) in [6.07, 6.45) is 0. The number of aromatic amines is 1. The molecule has 8 heteroatoms. The number of carbonyl (C=O) groups excluding carboxylic acids is 2. The molecule has 0 radical (unpaired) electrons. The molecule has 0 saturated carbocycles. The first-order valence-electron chi connectivity index (χ1n) is 7.81. The van der Waals surface area contributed by atoms with Crippen molar-refractivity contribution in [1.29, 1.82) is 0 Å². The molecule has 132 valence electrons. The minimum absolute atomic E-state index is 0.0760. The van der Waals surface area contributed by atoms with Gasteiger partial charge in [0, 0.05) is 39.9 Å². The van der Waals surface area contributed by atoms with Crippen molar-refractivity contribution in [2.75, 3.05) is 0 Å². The molecule has 26 heavy (non-hydrogen) atoms. The second-order valence-corrected chi connectivity index (χ2v) is 5.85. The van der Waals surface area contributed by atoms with Crippen molar-refractivity contribution in [1.82, 2.24) is 15.8 Å². The van der Waals surface area contributed by atoms with Crippen LogP contribution in [0.1, 0.15) is 32.0 Å². The largest absolute Gasteiger partial charge is 0.358 e. The Hall–Kier alpha value is -3.68. The minimum atomic E-state index is -0.642. The van der Waals surface area contributed by atoms with E-state index >= 15 is 0 Å². The predicted molar refractivity (Wildman–Crippen MR) is 95.8 cm³/mol. The second-order valence-electron chi connectivity index (χ2n) is 5.85. The number of amides is 2. The van der Waals surface area contributed by atoms with Gasteiger partial charge in [0.15, 0.2) is 0 Å². The fourth-order valence-corrected chi connectivity index (χ4v) is 2.62. The molecule has 0 fully saturated rings. The molecule has 0 bridgehead atoms. The number of H-pyrrole nitrogens is 1. The van der Waals surface area contributed by atoms with Gasteiger partial charge in [0.2, 0.25) is 0 Å². The Morgan fingerprint density at radius 1 is 1.00 bits per heavy atom. The van der Waals surface area contributed by atoms with Crippen molar-refractivity contribution < 1.29 is 14.5 Å². The van der Waals surface area contributed by atoms with Gasteiger partial charge in [0.25, 0.3) is 17.5 Å². The van der Waals surface area contributed by atoms with Crippen LogP contribution >= 0.6 is 0 Å². The maximum absolute atomic E-state index is 12.3. The first-order valence-corrected chi connectivity index (χ1v) is 7.81. The molecule has 0 saturated heterocycles. The Morgan fingerprint density at radius 2 is 1.65 bits per heavy atom. The third-order valence-corrected chi connectivity index (χ3v) is 4.18. The molecule has 3 aromatic rings. The number of aromatic nitrogens is 1. The molecule has 0 atom stereocenters. The van der Waals surface area contributed by atoms with Crippen molar-refractivity contribution in [3.8, 4) is 0 Å². The Labute approximate surface area is 148 Å².